The molecule has 1 atom stereocenters. The molecule has 0 saturated carbocycles. The molecule has 0 bridgehead atoms. The summed E-state index contributed by atoms with van der Waals surface area (Å²) in [6, 6.07) is 18.1. The highest BCUT2D eigenvalue weighted by atomic mass is 16.5. The van der Waals surface area contributed by atoms with Crippen molar-refractivity contribution in [3.8, 4) is 5.75 Å². The summed E-state index contributed by atoms with van der Waals surface area (Å²) < 4.78 is 5.69. The summed E-state index contributed by atoms with van der Waals surface area (Å²) in [7, 11) is 0. The monoisotopic (exact) mass is 312 g/mol. The van der Waals surface area contributed by atoms with Crippen molar-refractivity contribution < 1.29 is 9.53 Å². The van der Waals surface area contributed by atoms with Gasteiger partial charge in [0.2, 0.25) is 0 Å². The Morgan fingerprint density at radius 2 is 1.83 bits per heavy atom. The SMILES string of the molecule is CC(N)CCNC(=O)COc1ccccc1Cc1ccccc1. The molecule has 4 heteroatoms. The Labute approximate surface area is 137 Å². The molecule has 0 aliphatic rings. The molecule has 2 aromatic carbocycles. The second-order valence-electron chi connectivity index (χ2n) is 5.67. The van der Waals surface area contributed by atoms with Crippen LogP contribution in [0.5, 0.6) is 5.75 Å². The van der Waals surface area contributed by atoms with E-state index in [1.54, 1.807) is 0 Å². The summed E-state index contributed by atoms with van der Waals surface area (Å²) in [6.45, 7) is 2.51. The van der Waals surface area contributed by atoms with E-state index in [4.69, 9.17) is 10.5 Å². The Bertz CT molecular complexity index is 612. The number of para-hydroxylation sites is 1. The number of nitrogens with two attached hydrogens (primary N) is 1. The molecule has 1 amide bonds. The first-order chi connectivity index (χ1) is 11.1. The van der Waals surface area contributed by atoms with Gasteiger partial charge in [-0.3, -0.25) is 4.79 Å². The zero-order chi connectivity index (χ0) is 16.5. The zero-order valence-electron chi connectivity index (χ0n) is 13.5. The maximum atomic E-state index is 11.8. The molecule has 0 saturated heterocycles. The molecule has 122 valence electrons. The van der Waals surface area contributed by atoms with Gasteiger partial charge in [0.05, 0.1) is 0 Å². The number of carbonyl (C=O) groups is 1. The molecule has 2 rings (SSSR count). The van der Waals surface area contributed by atoms with Crippen molar-refractivity contribution in [3.05, 3.63) is 65.7 Å². The van der Waals surface area contributed by atoms with Crippen molar-refractivity contribution in [1.82, 2.24) is 5.32 Å². The molecule has 2 aromatic rings. The molecule has 23 heavy (non-hydrogen) atoms. The van der Waals surface area contributed by atoms with Crippen LogP contribution in [0.4, 0.5) is 0 Å². The number of rotatable bonds is 8. The van der Waals surface area contributed by atoms with E-state index in [9.17, 15) is 4.79 Å². The summed E-state index contributed by atoms with van der Waals surface area (Å²) in [5.74, 6) is 0.624. The van der Waals surface area contributed by atoms with Gasteiger partial charge in [0.15, 0.2) is 6.61 Å². The Hall–Kier alpha value is -2.33. The lowest BCUT2D eigenvalue weighted by molar-refractivity contribution is -0.123. The first kappa shape index (κ1) is 17.0. The quantitative estimate of drug-likeness (QED) is 0.787. The van der Waals surface area contributed by atoms with E-state index in [1.807, 2.05) is 49.4 Å². The molecule has 4 nitrogen and oxygen atoms in total. The van der Waals surface area contributed by atoms with Crippen LogP contribution in [0.15, 0.2) is 54.6 Å². The second-order valence-corrected chi connectivity index (χ2v) is 5.67. The average Bonchev–Trinajstić information content (AvgIpc) is 2.55. The fourth-order valence-electron chi connectivity index (χ4n) is 2.24. The third-order valence-corrected chi connectivity index (χ3v) is 3.49. The standard InChI is InChI=1S/C19H24N2O2/c1-15(20)11-12-21-19(22)14-23-18-10-6-5-9-17(18)13-16-7-3-2-4-8-16/h2-10,15H,11-14,20H2,1H3,(H,21,22). The first-order valence-electron chi connectivity index (χ1n) is 7.92. The maximum absolute atomic E-state index is 11.8. The number of carbonyl (C=O) groups excluding carboxylic acids is 1. The van der Waals surface area contributed by atoms with E-state index in [2.05, 4.69) is 17.4 Å². The van der Waals surface area contributed by atoms with E-state index in [1.165, 1.54) is 5.56 Å². The molecule has 0 spiro atoms. The molecule has 0 aromatic heterocycles. The van der Waals surface area contributed by atoms with Gasteiger partial charge in [0.25, 0.3) is 5.91 Å². The summed E-state index contributed by atoms with van der Waals surface area (Å²) in [6.07, 6.45) is 1.54. The van der Waals surface area contributed by atoms with E-state index in [-0.39, 0.29) is 18.6 Å². The number of benzene rings is 2. The van der Waals surface area contributed by atoms with Crippen LogP contribution in [-0.4, -0.2) is 25.1 Å². The minimum Gasteiger partial charge on any atom is -0.483 e. The van der Waals surface area contributed by atoms with Crippen molar-refractivity contribution >= 4 is 5.91 Å². The predicted octanol–water partition coefficient (Wildman–Crippen LogP) is 2.51. The first-order valence-corrected chi connectivity index (χ1v) is 7.92. The number of hydrogen-bond acceptors (Lipinski definition) is 3. The Morgan fingerprint density at radius 3 is 2.57 bits per heavy atom. The van der Waals surface area contributed by atoms with Crippen LogP contribution < -0.4 is 15.8 Å². The number of amides is 1. The summed E-state index contributed by atoms with van der Waals surface area (Å²) in [5, 5.41) is 2.81. The van der Waals surface area contributed by atoms with Crippen LogP contribution in [0.25, 0.3) is 0 Å². The lowest BCUT2D eigenvalue weighted by Crippen LogP contribution is -2.32. The smallest absolute Gasteiger partial charge is 0.257 e. The van der Waals surface area contributed by atoms with Gasteiger partial charge in [-0.25, -0.2) is 0 Å². The Balaban J connectivity index is 1.89. The molecule has 0 heterocycles. The van der Waals surface area contributed by atoms with Gasteiger partial charge in [-0.1, -0.05) is 48.5 Å². The molecule has 0 radical (unpaired) electrons. The van der Waals surface area contributed by atoms with Gasteiger partial charge in [0, 0.05) is 19.0 Å². The van der Waals surface area contributed by atoms with Crippen LogP contribution in [0.1, 0.15) is 24.5 Å². The summed E-state index contributed by atoms with van der Waals surface area (Å²) in [4.78, 5) is 11.8. The van der Waals surface area contributed by atoms with Crippen LogP contribution in [0.2, 0.25) is 0 Å². The van der Waals surface area contributed by atoms with Crippen molar-refractivity contribution in [2.45, 2.75) is 25.8 Å². The molecular weight excluding hydrogens is 288 g/mol. The number of hydrogen-bond donors (Lipinski definition) is 2. The van der Waals surface area contributed by atoms with Crippen molar-refractivity contribution in [2.75, 3.05) is 13.2 Å². The number of nitrogens with one attached hydrogen (secondary N) is 1. The van der Waals surface area contributed by atoms with Crippen molar-refractivity contribution in [3.63, 3.8) is 0 Å². The van der Waals surface area contributed by atoms with Crippen molar-refractivity contribution in [2.24, 2.45) is 5.73 Å². The lowest BCUT2D eigenvalue weighted by Gasteiger charge is -2.12. The molecule has 0 aliphatic carbocycles. The highest BCUT2D eigenvalue weighted by Gasteiger charge is 2.07. The number of ether oxygens (including phenoxy) is 1. The maximum Gasteiger partial charge on any atom is 0.257 e. The van der Waals surface area contributed by atoms with E-state index in [0.717, 1.165) is 24.2 Å². The van der Waals surface area contributed by atoms with E-state index < -0.39 is 0 Å². The van der Waals surface area contributed by atoms with Crippen LogP contribution in [-0.2, 0) is 11.2 Å². The molecule has 0 aliphatic heterocycles. The Kier molecular flexibility index (Phi) is 6.63. The van der Waals surface area contributed by atoms with Gasteiger partial charge in [-0.2, -0.15) is 0 Å². The van der Waals surface area contributed by atoms with Gasteiger partial charge in [0.1, 0.15) is 5.75 Å². The third kappa shape index (κ3) is 6.12. The van der Waals surface area contributed by atoms with Gasteiger partial charge >= 0.3 is 0 Å². The summed E-state index contributed by atoms with van der Waals surface area (Å²) >= 11 is 0. The summed E-state index contributed by atoms with van der Waals surface area (Å²) in [5.41, 5.74) is 7.94. The predicted molar refractivity (Wildman–Crippen MR) is 92.5 cm³/mol. The van der Waals surface area contributed by atoms with Gasteiger partial charge in [-0.05, 0) is 30.5 Å². The van der Waals surface area contributed by atoms with E-state index in [0.29, 0.717) is 6.54 Å². The van der Waals surface area contributed by atoms with Gasteiger partial charge < -0.3 is 15.8 Å². The second kappa shape index (κ2) is 8.96. The fourth-order valence-corrected chi connectivity index (χ4v) is 2.24. The lowest BCUT2D eigenvalue weighted by atomic mass is 10.0. The van der Waals surface area contributed by atoms with Gasteiger partial charge in [-0.15, -0.1) is 0 Å². The minimum absolute atomic E-state index is 0.0186. The average molecular weight is 312 g/mol. The highest BCUT2D eigenvalue weighted by Crippen LogP contribution is 2.21. The minimum atomic E-state index is -0.125. The van der Waals surface area contributed by atoms with Crippen LogP contribution in [0, 0.1) is 0 Å². The third-order valence-electron chi connectivity index (χ3n) is 3.49. The molecule has 0 fully saturated rings. The molecular formula is C19H24N2O2. The Morgan fingerprint density at radius 1 is 1.13 bits per heavy atom. The highest BCUT2D eigenvalue weighted by molar-refractivity contribution is 5.77. The molecule has 3 N–H and O–H groups in total. The largest absolute Gasteiger partial charge is 0.483 e. The van der Waals surface area contributed by atoms with E-state index >= 15 is 0 Å². The fraction of sp³-hybridized carbons (Fsp3) is 0.316. The van der Waals surface area contributed by atoms with Crippen LogP contribution in [0.3, 0.4) is 0 Å². The normalized spacial score (nSPS) is 11.7. The van der Waals surface area contributed by atoms with Crippen LogP contribution >= 0.6 is 0 Å². The zero-order valence-corrected chi connectivity index (χ0v) is 13.5. The topological polar surface area (TPSA) is 64.3 Å². The van der Waals surface area contributed by atoms with Crippen molar-refractivity contribution in [1.29, 1.82) is 0 Å². The molecule has 1 unspecified atom stereocenters.